The number of amides is 2. The molecule has 10 heteroatoms. The van der Waals surface area contributed by atoms with Gasteiger partial charge in [0.05, 0.1) is 17.9 Å². The number of thioether (sulfide) groups is 1. The third-order valence-corrected chi connectivity index (χ3v) is 7.30. The van der Waals surface area contributed by atoms with Gasteiger partial charge in [0.2, 0.25) is 11.8 Å². The molecule has 0 bridgehead atoms. The van der Waals surface area contributed by atoms with Crippen LogP contribution in [0.15, 0.2) is 40.8 Å². The fourth-order valence-corrected chi connectivity index (χ4v) is 5.45. The van der Waals surface area contributed by atoms with Crippen LogP contribution >= 0.6 is 23.1 Å². The van der Waals surface area contributed by atoms with Gasteiger partial charge in [-0.2, -0.15) is 0 Å². The van der Waals surface area contributed by atoms with Crippen LogP contribution in [0.25, 0.3) is 0 Å². The number of nitrogens with one attached hydrogen (secondary N) is 2. The number of carboxylic acids is 1. The summed E-state index contributed by atoms with van der Waals surface area (Å²) in [6.45, 7) is 3.38. The number of ether oxygens (including phenoxy) is 1. The van der Waals surface area contributed by atoms with E-state index >= 15 is 0 Å². The molecule has 0 atom stereocenters. The number of esters is 1. The number of carbonyl (C=O) groups excluding carboxylic acids is 3. The van der Waals surface area contributed by atoms with E-state index in [4.69, 9.17) is 9.84 Å². The Kier molecular flexibility index (Phi) is 8.89. The van der Waals surface area contributed by atoms with Crippen LogP contribution in [-0.2, 0) is 32.0 Å². The first-order valence-electron chi connectivity index (χ1n) is 10.9. The van der Waals surface area contributed by atoms with Crippen molar-refractivity contribution in [1.29, 1.82) is 0 Å². The van der Waals surface area contributed by atoms with Crippen LogP contribution < -0.4 is 10.6 Å². The summed E-state index contributed by atoms with van der Waals surface area (Å²) in [5.74, 6) is -2.15. The maximum Gasteiger partial charge on any atom is 0.341 e. The average molecular weight is 503 g/mol. The smallest absolute Gasteiger partial charge is 0.341 e. The summed E-state index contributed by atoms with van der Waals surface area (Å²) in [5.41, 5.74) is 1.95. The van der Waals surface area contributed by atoms with Crippen LogP contribution in [0.2, 0.25) is 0 Å². The molecule has 1 heterocycles. The summed E-state index contributed by atoms with van der Waals surface area (Å²) in [7, 11) is 0. The third-order valence-electron chi connectivity index (χ3n) is 5.08. The molecule has 1 aliphatic carbocycles. The van der Waals surface area contributed by atoms with Gasteiger partial charge in [-0.25, -0.2) is 9.59 Å². The van der Waals surface area contributed by atoms with Crippen LogP contribution in [-0.4, -0.2) is 41.2 Å². The second-order valence-corrected chi connectivity index (χ2v) is 9.77. The molecule has 8 nitrogen and oxygen atoms in total. The number of carbonyl (C=O) groups is 4. The number of anilines is 2. The molecule has 2 aromatic rings. The van der Waals surface area contributed by atoms with Crippen LogP contribution in [0.3, 0.4) is 0 Å². The van der Waals surface area contributed by atoms with Crippen molar-refractivity contribution in [2.45, 2.75) is 44.4 Å². The molecular weight excluding hydrogens is 476 g/mol. The maximum absolute atomic E-state index is 12.6. The van der Waals surface area contributed by atoms with Crippen molar-refractivity contribution in [3.63, 3.8) is 0 Å². The van der Waals surface area contributed by atoms with Gasteiger partial charge >= 0.3 is 11.9 Å². The van der Waals surface area contributed by atoms with Crippen LogP contribution in [0.1, 0.15) is 47.5 Å². The zero-order valence-electron chi connectivity index (χ0n) is 18.9. The minimum absolute atomic E-state index is 0.0617. The highest BCUT2D eigenvalue weighted by molar-refractivity contribution is 8.00. The van der Waals surface area contributed by atoms with E-state index in [2.05, 4.69) is 10.6 Å². The van der Waals surface area contributed by atoms with Gasteiger partial charge in [-0.3, -0.25) is 9.59 Å². The highest BCUT2D eigenvalue weighted by Crippen LogP contribution is 2.38. The molecular formula is C24H26N2O6S2. The van der Waals surface area contributed by atoms with Gasteiger partial charge in [0, 0.05) is 27.1 Å². The quantitative estimate of drug-likeness (QED) is 0.262. The summed E-state index contributed by atoms with van der Waals surface area (Å²) < 4.78 is 5.22. The first kappa shape index (κ1) is 25.5. The first-order valence-corrected chi connectivity index (χ1v) is 12.7. The molecule has 34 heavy (non-hydrogen) atoms. The summed E-state index contributed by atoms with van der Waals surface area (Å²) in [6, 6.07) is 6.87. The lowest BCUT2D eigenvalue weighted by Gasteiger charge is -2.12. The van der Waals surface area contributed by atoms with Crippen molar-refractivity contribution in [2.75, 3.05) is 23.0 Å². The normalized spacial score (nSPS) is 13.1. The van der Waals surface area contributed by atoms with Gasteiger partial charge < -0.3 is 20.5 Å². The Balaban J connectivity index is 1.59. The van der Waals surface area contributed by atoms with E-state index in [0.717, 1.165) is 47.1 Å². The molecule has 0 spiro atoms. The minimum atomic E-state index is -1.16. The molecule has 0 aliphatic heterocycles. The van der Waals surface area contributed by atoms with Crippen LogP contribution in [0.5, 0.6) is 0 Å². The second kappa shape index (κ2) is 11.8. The molecule has 1 aromatic heterocycles. The molecule has 0 fully saturated rings. The van der Waals surface area contributed by atoms with Crippen molar-refractivity contribution < 1.29 is 29.0 Å². The summed E-state index contributed by atoms with van der Waals surface area (Å²) in [4.78, 5) is 49.8. The summed E-state index contributed by atoms with van der Waals surface area (Å²) >= 11 is 2.78. The topological polar surface area (TPSA) is 122 Å². The molecule has 3 N–H and O–H groups in total. The highest BCUT2D eigenvalue weighted by atomic mass is 32.2. The molecule has 1 aromatic carbocycles. The lowest BCUT2D eigenvalue weighted by atomic mass is 9.95. The number of thiophene rings is 1. The fraction of sp³-hybridized carbons (Fsp3) is 0.333. The fourth-order valence-electron chi connectivity index (χ4n) is 3.46. The Morgan fingerprint density at radius 3 is 2.50 bits per heavy atom. The van der Waals surface area contributed by atoms with Crippen molar-refractivity contribution in [1.82, 2.24) is 0 Å². The van der Waals surface area contributed by atoms with E-state index in [-0.39, 0.29) is 23.8 Å². The molecule has 1 aliphatic rings. The van der Waals surface area contributed by atoms with E-state index < -0.39 is 17.8 Å². The number of aliphatic carboxylic acids is 1. The van der Waals surface area contributed by atoms with Crippen LogP contribution in [0, 0.1) is 0 Å². The largest absolute Gasteiger partial charge is 0.478 e. The van der Waals surface area contributed by atoms with E-state index in [0.29, 0.717) is 16.3 Å². The molecule has 180 valence electrons. The van der Waals surface area contributed by atoms with Gasteiger partial charge in [0.15, 0.2) is 0 Å². The van der Waals surface area contributed by atoms with Crippen molar-refractivity contribution in [3.05, 3.63) is 51.9 Å². The Bertz CT molecular complexity index is 1120. The van der Waals surface area contributed by atoms with Crippen molar-refractivity contribution in [3.8, 4) is 0 Å². The number of carboxylic acid groups (broad SMARTS) is 1. The number of fused-ring (bicyclic) bond motifs is 1. The number of hydrogen-bond acceptors (Lipinski definition) is 7. The summed E-state index contributed by atoms with van der Waals surface area (Å²) in [6.07, 6.45) is 4.84. The summed E-state index contributed by atoms with van der Waals surface area (Å²) in [5, 5.41) is 14.9. The first-order chi connectivity index (χ1) is 16.3. The van der Waals surface area contributed by atoms with Crippen LogP contribution in [0.4, 0.5) is 10.7 Å². The molecule has 0 saturated heterocycles. The van der Waals surface area contributed by atoms with E-state index in [9.17, 15) is 19.2 Å². The van der Waals surface area contributed by atoms with E-state index in [1.165, 1.54) is 30.0 Å². The highest BCUT2D eigenvalue weighted by Gasteiger charge is 2.27. The van der Waals surface area contributed by atoms with Gasteiger partial charge in [0.1, 0.15) is 5.00 Å². The van der Waals surface area contributed by atoms with E-state index in [1.807, 2.05) is 0 Å². The third kappa shape index (κ3) is 6.71. The van der Waals surface area contributed by atoms with E-state index in [1.54, 1.807) is 31.2 Å². The molecule has 0 unspecified atom stereocenters. The average Bonchev–Trinajstić information content (AvgIpc) is 3.16. The lowest BCUT2D eigenvalue weighted by molar-refractivity contribution is -0.132. The SMILES string of the molecule is CCOC(=O)c1c(NC(=O)CSc2ccc(NC(=O)C=C(C)C(=O)O)cc2)sc2c1CCCC2. The van der Waals surface area contributed by atoms with Gasteiger partial charge in [0.25, 0.3) is 0 Å². The van der Waals surface area contributed by atoms with Crippen molar-refractivity contribution >= 4 is 57.5 Å². The van der Waals surface area contributed by atoms with Gasteiger partial charge in [-0.1, -0.05) is 0 Å². The zero-order valence-corrected chi connectivity index (χ0v) is 20.6. The number of aryl methyl sites for hydroxylation is 1. The van der Waals surface area contributed by atoms with Crippen molar-refractivity contribution in [2.24, 2.45) is 0 Å². The van der Waals surface area contributed by atoms with Gasteiger partial charge in [-0.15, -0.1) is 23.1 Å². The Morgan fingerprint density at radius 2 is 1.82 bits per heavy atom. The Morgan fingerprint density at radius 1 is 1.12 bits per heavy atom. The predicted molar refractivity (Wildman–Crippen MR) is 133 cm³/mol. The Hall–Kier alpha value is -3.11. The Labute approximate surface area is 205 Å². The number of rotatable bonds is 9. The molecule has 0 radical (unpaired) electrons. The number of benzene rings is 1. The standard InChI is InChI=1S/C24H26N2O6S2/c1-3-32-24(31)21-17-6-4-5-7-18(17)34-22(21)26-20(28)13-33-16-10-8-15(9-11-16)25-19(27)12-14(2)23(29)30/h8-12H,3-7,13H2,1-2H3,(H,25,27)(H,26,28)(H,29,30). The predicted octanol–water partition coefficient (Wildman–Crippen LogP) is 4.50. The molecule has 0 saturated carbocycles. The van der Waals surface area contributed by atoms with Gasteiger partial charge in [-0.05, 0) is 69.4 Å². The zero-order chi connectivity index (χ0) is 24.7. The maximum atomic E-state index is 12.6. The molecule has 2 amide bonds. The lowest BCUT2D eigenvalue weighted by Crippen LogP contribution is -2.17. The second-order valence-electron chi connectivity index (χ2n) is 7.62. The number of hydrogen-bond donors (Lipinski definition) is 3. The minimum Gasteiger partial charge on any atom is -0.478 e. The molecule has 3 rings (SSSR count). The monoisotopic (exact) mass is 502 g/mol.